The molecule has 1 rings (SSSR count). The van der Waals surface area contributed by atoms with Gasteiger partial charge in [0.2, 0.25) is 0 Å². The van der Waals surface area contributed by atoms with Crippen molar-refractivity contribution in [2.45, 2.75) is 33.6 Å². The normalized spacial score (nSPS) is 18.9. The second kappa shape index (κ2) is 9.78. The van der Waals surface area contributed by atoms with Crippen LogP contribution in [0, 0.1) is 11.3 Å². The summed E-state index contributed by atoms with van der Waals surface area (Å²) in [6.45, 7) is 15.6. The highest BCUT2D eigenvalue weighted by molar-refractivity contribution is 4.87. The van der Waals surface area contributed by atoms with Crippen LogP contribution >= 0.6 is 0 Å². The summed E-state index contributed by atoms with van der Waals surface area (Å²) in [6.07, 6.45) is 2.38. The number of rotatable bonds is 10. The summed E-state index contributed by atoms with van der Waals surface area (Å²) in [5, 5.41) is 3.59. The number of hydrogen-bond acceptors (Lipinski definition) is 4. The lowest BCUT2D eigenvalue weighted by Crippen LogP contribution is -2.49. The lowest BCUT2D eigenvalue weighted by atomic mass is 9.79. The van der Waals surface area contributed by atoms with Crippen molar-refractivity contribution in [2.75, 3.05) is 66.6 Å². The van der Waals surface area contributed by atoms with Crippen LogP contribution in [-0.2, 0) is 4.74 Å². The first-order valence-corrected chi connectivity index (χ1v) is 8.63. The summed E-state index contributed by atoms with van der Waals surface area (Å²) in [4.78, 5) is 4.96. The highest BCUT2D eigenvalue weighted by Gasteiger charge is 2.34. The Labute approximate surface area is 132 Å². The maximum absolute atomic E-state index is 5.61. The van der Waals surface area contributed by atoms with Gasteiger partial charge in [-0.15, -0.1) is 0 Å². The molecule has 0 aromatic heterocycles. The number of nitrogens with one attached hydrogen (secondary N) is 1. The molecule has 4 nitrogen and oxygen atoms in total. The third kappa shape index (κ3) is 7.59. The average molecular weight is 300 g/mol. The molecule has 1 saturated heterocycles. The molecular formula is C17H37N3O. The smallest absolute Gasteiger partial charge is 0.0472 e. The molecular weight excluding hydrogens is 262 g/mol. The first-order chi connectivity index (χ1) is 9.97. The molecule has 0 spiro atoms. The number of hydrogen-bond donors (Lipinski definition) is 1. The van der Waals surface area contributed by atoms with Crippen molar-refractivity contribution in [1.29, 1.82) is 0 Å². The van der Waals surface area contributed by atoms with Gasteiger partial charge in [0.05, 0.1) is 0 Å². The zero-order valence-electron chi connectivity index (χ0n) is 15.0. The largest absolute Gasteiger partial charge is 0.381 e. The Morgan fingerprint density at radius 2 is 1.81 bits per heavy atom. The van der Waals surface area contributed by atoms with Gasteiger partial charge in [-0.05, 0) is 44.8 Å². The van der Waals surface area contributed by atoms with E-state index in [1.807, 2.05) is 0 Å². The van der Waals surface area contributed by atoms with Gasteiger partial charge in [-0.25, -0.2) is 0 Å². The van der Waals surface area contributed by atoms with E-state index in [4.69, 9.17) is 4.74 Å². The van der Waals surface area contributed by atoms with Gasteiger partial charge in [-0.1, -0.05) is 20.8 Å². The van der Waals surface area contributed by atoms with Crippen molar-refractivity contribution < 1.29 is 4.74 Å². The summed E-state index contributed by atoms with van der Waals surface area (Å²) < 4.78 is 5.61. The van der Waals surface area contributed by atoms with Gasteiger partial charge in [-0.3, -0.25) is 0 Å². The molecule has 1 N–H and O–H groups in total. The van der Waals surface area contributed by atoms with Crippen LogP contribution in [0.5, 0.6) is 0 Å². The van der Waals surface area contributed by atoms with E-state index in [0.717, 1.165) is 38.8 Å². The van der Waals surface area contributed by atoms with Crippen molar-refractivity contribution in [3.05, 3.63) is 0 Å². The molecule has 126 valence electrons. The molecule has 0 aromatic carbocycles. The molecule has 1 fully saturated rings. The molecule has 1 heterocycles. The second-order valence-electron chi connectivity index (χ2n) is 7.32. The molecule has 0 aliphatic carbocycles. The minimum absolute atomic E-state index is 0.398. The maximum Gasteiger partial charge on any atom is 0.0472 e. The molecule has 0 atom stereocenters. The predicted octanol–water partition coefficient (Wildman–Crippen LogP) is 1.91. The Morgan fingerprint density at radius 1 is 1.14 bits per heavy atom. The molecule has 4 heteroatoms. The fourth-order valence-corrected chi connectivity index (χ4v) is 3.15. The first kappa shape index (κ1) is 18.9. The van der Waals surface area contributed by atoms with Gasteiger partial charge in [0.15, 0.2) is 0 Å². The Hall–Kier alpha value is -0.160. The maximum atomic E-state index is 5.61. The van der Waals surface area contributed by atoms with E-state index in [1.165, 1.54) is 32.5 Å². The molecule has 1 aliphatic rings. The molecule has 0 aromatic rings. The quantitative estimate of drug-likeness (QED) is 0.667. The minimum atomic E-state index is 0.398. The summed E-state index contributed by atoms with van der Waals surface area (Å²) in [7, 11) is 4.33. The van der Waals surface area contributed by atoms with Gasteiger partial charge in [0.25, 0.3) is 0 Å². The van der Waals surface area contributed by atoms with Gasteiger partial charge in [0, 0.05) is 45.9 Å². The van der Waals surface area contributed by atoms with E-state index >= 15 is 0 Å². The Bertz CT molecular complexity index is 263. The van der Waals surface area contributed by atoms with Crippen LogP contribution < -0.4 is 5.32 Å². The molecule has 0 unspecified atom stereocenters. The Morgan fingerprint density at radius 3 is 2.33 bits per heavy atom. The second-order valence-corrected chi connectivity index (χ2v) is 7.32. The van der Waals surface area contributed by atoms with E-state index in [0.29, 0.717) is 5.41 Å². The summed E-state index contributed by atoms with van der Waals surface area (Å²) in [6, 6.07) is 0. The number of ether oxygens (including phenoxy) is 1. The zero-order valence-corrected chi connectivity index (χ0v) is 15.0. The number of nitrogens with zero attached hydrogens (tertiary/aromatic N) is 2. The van der Waals surface area contributed by atoms with Crippen molar-refractivity contribution in [3.8, 4) is 0 Å². The number of likely N-dealkylation sites (N-methyl/N-ethyl adjacent to an activating group) is 1. The summed E-state index contributed by atoms with van der Waals surface area (Å²) >= 11 is 0. The van der Waals surface area contributed by atoms with Crippen LogP contribution in [0.25, 0.3) is 0 Å². The standard InChI is InChI=1S/C17H37N3O/c1-6-18-14-17(7-11-21-12-8-17)15-20(13-16(2)3)10-9-19(4)5/h16,18H,6-15H2,1-5H3. The summed E-state index contributed by atoms with van der Waals surface area (Å²) in [5.41, 5.74) is 0.398. The van der Waals surface area contributed by atoms with Gasteiger partial charge < -0.3 is 19.9 Å². The van der Waals surface area contributed by atoms with Crippen molar-refractivity contribution in [3.63, 3.8) is 0 Å². The molecule has 0 saturated carbocycles. The SMILES string of the molecule is CCNCC1(CN(CCN(C)C)CC(C)C)CCOCC1. The highest BCUT2D eigenvalue weighted by atomic mass is 16.5. The Kier molecular flexibility index (Phi) is 8.79. The third-order valence-electron chi connectivity index (χ3n) is 4.35. The van der Waals surface area contributed by atoms with Crippen molar-refractivity contribution in [2.24, 2.45) is 11.3 Å². The average Bonchev–Trinajstić information content (AvgIpc) is 2.43. The van der Waals surface area contributed by atoms with E-state index in [9.17, 15) is 0 Å². The molecule has 1 aliphatic heterocycles. The third-order valence-corrected chi connectivity index (χ3v) is 4.35. The molecule has 0 amide bonds. The van der Waals surface area contributed by atoms with E-state index in [1.54, 1.807) is 0 Å². The van der Waals surface area contributed by atoms with Crippen LogP contribution in [0.3, 0.4) is 0 Å². The fraction of sp³-hybridized carbons (Fsp3) is 1.00. The zero-order chi connectivity index (χ0) is 15.7. The Balaban J connectivity index is 2.64. The predicted molar refractivity (Wildman–Crippen MR) is 90.9 cm³/mol. The lowest BCUT2D eigenvalue weighted by Gasteiger charge is -2.42. The lowest BCUT2D eigenvalue weighted by molar-refractivity contribution is -0.00657. The van der Waals surface area contributed by atoms with Crippen LogP contribution in [0.1, 0.15) is 33.6 Å². The molecule has 0 radical (unpaired) electrons. The fourth-order valence-electron chi connectivity index (χ4n) is 3.15. The van der Waals surface area contributed by atoms with Crippen LogP contribution in [0.4, 0.5) is 0 Å². The van der Waals surface area contributed by atoms with Gasteiger partial charge in [0.1, 0.15) is 0 Å². The van der Waals surface area contributed by atoms with Crippen LogP contribution in [0.2, 0.25) is 0 Å². The van der Waals surface area contributed by atoms with Gasteiger partial charge >= 0.3 is 0 Å². The highest BCUT2D eigenvalue weighted by Crippen LogP contribution is 2.31. The van der Waals surface area contributed by atoms with E-state index < -0.39 is 0 Å². The van der Waals surface area contributed by atoms with E-state index in [-0.39, 0.29) is 0 Å². The van der Waals surface area contributed by atoms with Crippen LogP contribution in [0.15, 0.2) is 0 Å². The van der Waals surface area contributed by atoms with Crippen molar-refractivity contribution >= 4 is 0 Å². The monoisotopic (exact) mass is 299 g/mol. The minimum Gasteiger partial charge on any atom is -0.381 e. The topological polar surface area (TPSA) is 27.7 Å². The summed E-state index contributed by atoms with van der Waals surface area (Å²) in [5.74, 6) is 0.725. The molecule has 21 heavy (non-hydrogen) atoms. The van der Waals surface area contributed by atoms with E-state index in [2.05, 4.69) is 50.0 Å². The van der Waals surface area contributed by atoms with Gasteiger partial charge in [-0.2, -0.15) is 0 Å². The van der Waals surface area contributed by atoms with Crippen LogP contribution in [-0.4, -0.2) is 76.4 Å². The first-order valence-electron chi connectivity index (χ1n) is 8.63. The van der Waals surface area contributed by atoms with Crippen molar-refractivity contribution in [1.82, 2.24) is 15.1 Å². The molecule has 0 bridgehead atoms.